The maximum atomic E-state index is 12.4. The number of fused-ring (bicyclic) bond motifs is 3. The Bertz CT molecular complexity index is 965. The Morgan fingerprint density at radius 3 is 3.00 bits per heavy atom. The van der Waals surface area contributed by atoms with Gasteiger partial charge in [0.05, 0.1) is 5.75 Å². The number of carbonyl (C=O) groups excluding carboxylic acids is 1. The van der Waals surface area contributed by atoms with E-state index < -0.39 is 0 Å². The summed E-state index contributed by atoms with van der Waals surface area (Å²) in [5.74, 6) is 0.347. The van der Waals surface area contributed by atoms with E-state index in [9.17, 15) is 4.79 Å². The van der Waals surface area contributed by atoms with E-state index in [2.05, 4.69) is 21.4 Å². The van der Waals surface area contributed by atoms with Gasteiger partial charge in [0.1, 0.15) is 16.2 Å². The molecule has 6 heteroatoms. The van der Waals surface area contributed by atoms with Crippen molar-refractivity contribution in [3.63, 3.8) is 0 Å². The van der Waals surface area contributed by atoms with Crippen molar-refractivity contribution in [1.29, 1.82) is 0 Å². The second kappa shape index (κ2) is 6.77. The summed E-state index contributed by atoms with van der Waals surface area (Å²) in [4.78, 5) is 23.7. The molecule has 0 radical (unpaired) electrons. The lowest BCUT2D eigenvalue weighted by Crippen LogP contribution is -2.15. The smallest absolute Gasteiger partial charge is 0.234 e. The average molecular weight is 370 g/mol. The molecule has 25 heavy (non-hydrogen) atoms. The fourth-order valence-corrected chi connectivity index (χ4v) is 5.40. The van der Waals surface area contributed by atoms with Crippen molar-refractivity contribution in [1.82, 2.24) is 9.97 Å². The average Bonchev–Trinajstić information content (AvgIpc) is 3.16. The van der Waals surface area contributed by atoms with Gasteiger partial charge in [-0.2, -0.15) is 0 Å². The summed E-state index contributed by atoms with van der Waals surface area (Å²) in [6.45, 7) is 4.06. The molecule has 3 aromatic rings. The van der Waals surface area contributed by atoms with E-state index in [0.29, 0.717) is 5.75 Å². The Labute approximate surface area is 155 Å². The van der Waals surface area contributed by atoms with Crippen LogP contribution in [0.25, 0.3) is 10.2 Å². The third-order valence-corrected chi connectivity index (χ3v) is 6.65. The summed E-state index contributed by atoms with van der Waals surface area (Å²) in [6.07, 6.45) is 5.07. The van der Waals surface area contributed by atoms with Crippen molar-refractivity contribution in [2.75, 3.05) is 11.1 Å². The first-order valence-electron chi connectivity index (χ1n) is 8.37. The van der Waals surface area contributed by atoms with Crippen LogP contribution in [-0.4, -0.2) is 21.6 Å². The van der Waals surface area contributed by atoms with Crippen molar-refractivity contribution in [2.24, 2.45) is 0 Å². The zero-order chi connectivity index (χ0) is 17.4. The Kier molecular flexibility index (Phi) is 4.48. The SMILES string of the molecule is Cc1ccc(NC(=O)CSc2ncnc3sc4c(c23)CCC4)c(C)c1. The van der Waals surface area contributed by atoms with Gasteiger partial charge >= 0.3 is 0 Å². The normalized spacial score (nSPS) is 13.2. The molecule has 1 aliphatic rings. The molecular formula is C19H19N3OS2. The van der Waals surface area contributed by atoms with Gasteiger partial charge in [0.2, 0.25) is 5.91 Å². The number of nitrogens with zero attached hydrogens (tertiary/aromatic N) is 2. The molecule has 4 rings (SSSR count). The van der Waals surface area contributed by atoms with Crippen LogP contribution in [0.4, 0.5) is 5.69 Å². The molecule has 0 atom stereocenters. The van der Waals surface area contributed by atoms with Crippen molar-refractivity contribution < 1.29 is 4.79 Å². The van der Waals surface area contributed by atoms with Crippen LogP contribution < -0.4 is 5.32 Å². The monoisotopic (exact) mass is 369 g/mol. The van der Waals surface area contributed by atoms with E-state index in [0.717, 1.165) is 33.9 Å². The minimum absolute atomic E-state index is 0.00408. The second-order valence-electron chi connectivity index (χ2n) is 6.37. The van der Waals surface area contributed by atoms with E-state index >= 15 is 0 Å². The van der Waals surface area contributed by atoms with Crippen LogP contribution >= 0.6 is 23.1 Å². The molecule has 1 aliphatic carbocycles. The third kappa shape index (κ3) is 3.28. The number of benzene rings is 1. The van der Waals surface area contributed by atoms with Crippen LogP contribution in [0, 0.1) is 13.8 Å². The highest BCUT2D eigenvalue weighted by Gasteiger charge is 2.21. The van der Waals surface area contributed by atoms with Crippen molar-refractivity contribution in [3.8, 4) is 0 Å². The Balaban J connectivity index is 1.50. The van der Waals surface area contributed by atoms with Gasteiger partial charge in [0.15, 0.2) is 0 Å². The number of nitrogens with one attached hydrogen (secondary N) is 1. The van der Waals surface area contributed by atoms with Gasteiger partial charge in [-0.15, -0.1) is 11.3 Å². The van der Waals surface area contributed by atoms with Gasteiger partial charge in [-0.05, 0) is 50.3 Å². The van der Waals surface area contributed by atoms with Crippen molar-refractivity contribution in [2.45, 2.75) is 38.1 Å². The fraction of sp³-hybridized carbons (Fsp3) is 0.316. The molecule has 0 fully saturated rings. The molecule has 2 aromatic heterocycles. The molecule has 2 heterocycles. The summed E-state index contributed by atoms with van der Waals surface area (Å²) in [6, 6.07) is 6.05. The lowest BCUT2D eigenvalue weighted by atomic mass is 10.1. The molecule has 1 N–H and O–H groups in total. The molecule has 0 spiro atoms. The van der Waals surface area contributed by atoms with Gasteiger partial charge in [0, 0.05) is 16.0 Å². The molecule has 0 aliphatic heterocycles. The Hall–Kier alpha value is -1.92. The first-order valence-corrected chi connectivity index (χ1v) is 10.2. The predicted molar refractivity (Wildman–Crippen MR) is 105 cm³/mol. The maximum Gasteiger partial charge on any atom is 0.234 e. The van der Waals surface area contributed by atoms with Crippen molar-refractivity contribution in [3.05, 3.63) is 46.1 Å². The largest absolute Gasteiger partial charge is 0.325 e. The summed E-state index contributed by atoms with van der Waals surface area (Å²) in [5.41, 5.74) is 4.55. The van der Waals surface area contributed by atoms with Crippen molar-refractivity contribution >= 4 is 44.9 Å². The topological polar surface area (TPSA) is 54.9 Å². The zero-order valence-electron chi connectivity index (χ0n) is 14.3. The summed E-state index contributed by atoms with van der Waals surface area (Å²) in [5, 5.41) is 5.10. The predicted octanol–water partition coefficient (Wildman–Crippen LogP) is 4.53. The van der Waals surface area contributed by atoms with Crippen LogP contribution in [0.2, 0.25) is 0 Å². The third-order valence-electron chi connectivity index (χ3n) is 4.46. The standard InChI is InChI=1S/C19H19N3OS2/c1-11-6-7-14(12(2)8-11)22-16(23)9-24-18-17-13-4-3-5-15(13)25-19(17)21-10-20-18/h6-8,10H,3-5,9H2,1-2H3,(H,22,23). The van der Waals surface area contributed by atoms with E-state index in [-0.39, 0.29) is 5.91 Å². The molecule has 1 aromatic carbocycles. The van der Waals surface area contributed by atoms with Gasteiger partial charge in [0.25, 0.3) is 0 Å². The van der Waals surface area contributed by atoms with Gasteiger partial charge in [-0.1, -0.05) is 29.5 Å². The lowest BCUT2D eigenvalue weighted by molar-refractivity contribution is -0.113. The number of hydrogen-bond donors (Lipinski definition) is 1. The highest BCUT2D eigenvalue weighted by Crippen LogP contribution is 2.39. The van der Waals surface area contributed by atoms with E-state index in [1.54, 1.807) is 17.7 Å². The minimum Gasteiger partial charge on any atom is -0.325 e. The van der Waals surface area contributed by atoms with Crippen LogP contribution in [-0.2, 0) is 17.6 Å². The first-order chi connectivity index (χ1) is 12.1. The molecule has 128 valence electrons. The summed E-state index contributed by atoms with van der Waals surface area (Å²) >= 11 is 3.28. The maximum absolute atomic E-state index is 12.4. The van der Waals surface area contributed by atoms with E-state index in [1.165, 1.54) is 39.6 Å². The molecule has 4 nitrogen and oxygen atoms in total. The van der Waals surface area contributed by atoms with Crippen LogP contribution in [0.1, 0.15) is 28.0 Å². The zero-order valence-corrected chi connectivity index (χ0v) is 15.9. The summed E-state index contributed by atoms with van der Waals surface area (Å²) in [7, 11) is 0. The molecule has 0 saturated carbocycles. The number of hydrogen-bond acceptors (Lipinski definition) is 5. The molecule has 0 unspecified atom stereocenters. The Morgan fingerprint density at radius 2 is 2.16 bits per heavy atom. The number of thioether (sulfide) groups is 1. The molecule has 0 saturated heterocycles. The fourth-order valence-electron chi connectivity index (χ4n) is 3.28. The minimum atomic E-state index is -0.00408. The van der Waals surface area contributed by atoms with Crippen LogP contribution in [0.5, 0.6) is 0 Å². The quantitative estimate of drug-likeness (QED) is 0.542. The van der Waals surface area contributed by atoms with E-state index in [4.69, 9.17) is 0 Å². The number of rotatable bonds is 4. The van der Waals surface area contributed by atoms with Gasteiger partial charge in [-0.3, -0.25) is 4.79 Å². The number of thiophene rings is 1. The highest BCUT2D eigenvalue weighted by molar-refractivity contribution is 8.00. The number of aryl methyl sites for hydroxylation is 4. The van der Waals surface area contributed by atoms with Gasteiger partial charge < -0.3 is 5.32 Å². The number of aromatic nitrogens is 2. The van der Waals surface area contributed by atoms with E-state index in [1.807, 2.05) is 26.0 Å². The van der Waals surface area contributed by atoms with Crippen LogP contribution in [0.15, 0.2) is 29.6 Å². The highest BCUT2D eigenvalue weighted by atomic mass is 32.2. The Morgan fingerprint density at radius 1 is 1.28 bits per heavy atom. The lowest BCUT2D eigenvalue weighted by Gasteiger charge is -2.09. The van der Waals surface area contributed by atoms with Gasteiger partial charge in [-0.25, -0.2) is 9.97 Å². The second-order valence-corrected chi connectivity index (χ2v) is 8.42. The first kappa shape index (κ1) is 16.5. The summed E-state index contributed by atoms with van der Waals surface area (Å²) < 4.78 is 0. The molecule has 1 amide bonds. The molecular weight excluding hydrogens is 350 g/mol. The number of carbonyl (C=O) groups is 1. The molecule has 0 bridgehead atoms. The number of anilines is 1. The number of amides is 1. The van der Waals surface area contributed by atoms with Crippen LogP contribution in [0.3, 0.4) is 0 Å².